The molecule has 0 fully saturated rings. The van der Waals surface area contributed by atoms with Gasteiger partial charge in [-0.25, -0.2) is 0 Å². The fourth-order valence-electron chi connectivity index (χ4n) is 3.35. The van der Waals surface area contributed by atoms with Crippen LogP contribution in [0, 0.1) is 0 Å². The van der Waals surface area contributed by atoms with E-state index in [1.165, 1.54) is 28.9 Å². The molecule has 0 radical (unpaired) electrons. The van der Waals surface area contributed by atoms with Crippen molar-refractivity contribution in [2.24, 2.45) is 0 Å². The summed E-state index contributed by atoms with van der Waals surface area (Å²) in [6.07, 6.45) is 2.34. The van der Waals surface area contributed by atoms with E-state index in [1.807, 2.05) is 0 Å². The molecule has 0 amide bonds. The zero-order valence-corrected chi connectivity index (χ0v) is 11.0. The number of benzene rings is 2. The van der Waals surface area contributed by atoms with E-state index in [9.17, 15) is 0 Å². The van der Waals surface area contributed by atoms with Gasteiger partial charge in [0.05, 0.1) is 0 Å². The molecule has 0 saturated carbocycles. The van der Waals surface area contributed by atoms with Crippen LogP contribution in [0.2, 0.25) is 0 Å². The number of para-hydroxylation sites is 2. The smallest absolute Gasteiger partial charge is 0.0477 e. The van der Waals surface area contributed by atoms with Crippen LogP contribution in [0.25, 0.3) is 0 Å². The topological polar surface area (TPSA) is 15.3 Å². The van der Waals surface area contributed by atoms with Gasteiger partial charge in [0.1, 0.15) is 0 Å². The van der Waals surface area contributed by atoms with Crippen molar-refractivity contribution in [3.05, 3.63) is 59.7 Å². The highest BCUT2D eigenvalue weighted by molar-refractivity contribution is 5.60. The lowest BCUT2D eigenvalue weighted by Crippen LogP contribution is -2.34. The van der Waals surface area contributed by atoms with Crippen LogP contribution >= 0.6 is 0 Å². The lowest BCUT2D eigenvalue weighted by atomic mass is 10.1. The number of fused-ring (bicyclic) bond motifs is 2. The Bertz CT molecular complexity index is 581. The zero-order chi connectivity index (χ0) is 12.7. The first-order valence-electron chi connectivity index (χ1n) is 7.07. The highest BCUT2D eigenvalue weighted by atomic mass is 15.2. The van der Waals surface area contributed by atoms with E-state index in [-0.39, 0.29) is 0 Å². The molecule has 2 aromatic rings. The summed E-state index contributed by atoms with van der Waals surface area (Å²) in [5.74, 6) is 0. The molecule has 19 heavy (non-hydrogen) atoms. The number of hydrogen-bond donors (Lipinski definition) is 1. The maximum absolute atomic E-state index is 3.65. The monoisotopic (exact) mass is 250 g/mol. The molecule has 0 saturated heterocycles. The number of anilines is 2. The number of hydrogen-bond acceptors (Lipinski definition) is 2. The molecule has 2 heterocycles. The average Bonchev–Trinajstić information content (AvgIpc) is 3.03. The minimum Gasteiger partial charge on any atom is -0.380 e. The molecule has 1 unspecified atom stereocenters. The van der Waals surface area contributed by atoms with Crippen molar-refractivity contribution in [2.75, 3.05) is 23.3 Å². The minimum absolute atomic E-state index is 0.545. The van der Waals surface area contributed by atoms with Gasteiger partial charge in [0.2, 0.25) is 0 Å². The van der Waals surface area contributed by atoms with Crippen LogP contribution in [-0.2, 0) is 12.8 Å². The van der Waals surface area contributed by atoms with Crippen molar-refractivity contribution in [2.45, 2.75) is 18.9 Å². The van der Waals surface area contributed by atoms with Crippen molar-refractivity contribution < 1.29 is 0 Å². The second-order valence-corrected chi connectivity index (χ2v) is 5.53. The molecule has 2 aliphatic rings. The molecule has 2 aromatic carbocycles. The lowest BCUT2D eigenvalue weighted by Gasteiger charge is -2.23. The van der Waals surface area contributed by atoms with Gasteiger partial charge in [-0.3, -0.25) is 0 Å². The first kappa shape index (κ1) is 10.9. The summed E-state index contributed by atoms with van der Waals surface area (Å²) in [6.45, 7) is 2.26. The molecule has 4 rings (SSSR count). The molecule has 0 bridgehead atoms. The number of rotatable bonds is 2. The van der Waals surface area contributed by atoms with Gasteiger partial charge in [0, 0.05) is 30.5 Å². The Morgan fingerprint density at radius 2 is 1.79 bits per heavy atom. The van der Waals surface area contributed by atoms with E-state index in [1.54, 1.807) is 0 Å². The van der Waals surface area contributed by atoms with Gasteiger partial charge in [0.25, 0.3) is 0 Å². The summed E-state index contributed by atoms with van der Waals surface area (Å²) in [5.41, 5.74) is 5.71. The third-order valence-electron chi connectivity index (χ3n) is 4.27. The van der Waals surface area contributed by atoms with E-state index in [4.69, 9.17) is 0 Å². The Hall–Kier alpha value is -1.96. The molecular formula is C17H18N2. The third kappa shape index (κ3) is 1.88. The molecule has 2 nitrogen and oxygen atoms in total. The maximum Gasteiger partial charge on any atom is 0.0477 e. The SMILES string of the molecule is c1ccc2c(c1)CC(CN1CCc3ccccc31)N2. The second kappa shape index (κ2) is 4.30. The van der Waals surface area contributed by atoms with Gasteiger partial charge in [-0.2, -0.15) is 0 Å². The fraction of sp³-hybridized carbons (Fsp3) is 0.294. The summed E-state index contributed by atoms with van der Waals surface area (Å²) in [6, 6.07) is 18.0. The molecule has 0 aliphatic carbocycles. The lowest BCUT2D eigenvalue weighted by molar-refractivity contribution is 0.700. The standard InChI is InChI=1S/C17H18N2/c1-3-7-16-14(6-1)11-15(18-16)12-19-10-9-13-5-2-4-8-17(13)19/h1-8,15,18H,9-12H2. The van der Waals surface area contributed by atoms with Gasteiger partial charge in [0.15, 0.2) is 0 Å². The molecule has 2 heteroatoms. The average molecular weight is 250 g/mol. The van der Waals surface area contributed by atoms with Crippen LogP contribution in [0.5, 0.6) is 0 Å². The number of nitrogens with zero attached hydrogens (tertiary/aromatic N) is 1. The van der Waals surface area contributed by atoms with Gasteiger partial charge in [-0.15, -0.1) is 0 Å². The van der Waals surface area contributed by atoms with Crippen molar-refractivity contribution in [3.63, 3.8) is 0 Å². The van der Waals surface area contributed by atoms with Crippen molar-refractivity contribution in [1.29, 1.82) is 0 Å². The first-order valence-corrected chi connectivity index (χ1v) is 7.07. The van der Waals surface area contributed by atoms with E-state index in [0.29, 0.717) is 6.04 Å². The highest BCUT2D eigenvalue weighted by Crippen LogP contribution is 2.30. The fourth-order valence-corrected chi connectivity index (χ4v) is 3.35. The third-order valence-corrected chi connectivity index (χ3v) is 4.27. The Labute approximate surface area is 114 Å². The van der Waals surface area contributed by atoms with E-state index in [2.05, 4.69) is 58.7 Å². The Kier molecular flexibility index (Phi) is 2.47. The molecule has 1 atom stereocenters. The van der Waals surface area contributed by atoms with Gasteiger partial charge >= 0.3 is 0 Å². The van der Waals surface area contributed by atoms with Crippen LogP contribution in [0.1, 0.15) is 11.1 Å². The predicted molar refractivity (Wildman–Crippen MR) is 79.9 cm³/mol. The van der Waals surface area contributed by atoms with Crippen LogP contribution in [-0.4, -0.2) is 19.1 Å². The van der Waals surface area contributed by atoms with Crippen LogP contribution in [0.4, 0.5) is 11.4 Å². The Morgan fingerprint density at radius 3 is 2.68 bits per heavy atom. The van der Waals surface area contributed by atoms with E-state index in [0.717, 1.165) is 19.5 Å². The largest absolute Gasteiger partial charge is 0.380 e. The molecule has 0 aromatic heterocycles. The summed E-state index contributed by atoms with van der Waals surface area (Å²) in [5, 5.41) is 3.65. The summed E-state index contributed by atoms with van der Waals surface area (Å²) in [4.78, 5) is 2.53. The normalized spacial score (nSPS) is 20.0. The second-order valence-electron chi connectivity index (χ2n) is 5.53. The molecule has 2 aliphatic heterocycles. The quantitative estimate of drug-likeness (QED) is 0.881. The highest BCUT2D eigenvalue weighted by Gasteiger charge is 2.25. The minimum atomic E-state index is 0.545. The molecule has 96 valence electrons. The van der Waals surface area contributed by atoms with Gasteiger partial charge in [-0.05, 0) is 36.1 Å². The van der Waals surface area contributed by atoms with Gasteiger partial charge < -0.3 is 10.2 Å². The van der Waals surface area contributed by atoms with Crippen molar-refractivity contribution in [3.8, 4) is 0 Å². The summed E-state index contributed by atoms with van der Waals surface area (Å²) >= 11 is 0. The first-order chi connectivity index (χ1) is 9.40. The maximum atomic E-state index is 3.65. The zero-order valence-electron chi connectivity index (χ0n) is 11.0. The van der Waals surface area contributed by atoms with E-state index < -0.39 is 0 Å². The van der Waals surface area contributed by atoms with E-state index >= 15 is 0 Å². The summed E-state index contributed by atoms with van der Waals surface area (Å²) < 4.78 is 0. The molecule has 1 N–H and O–H groups in total. The van der Waals surface area contributed by atoms with Gasteiger partial charge in [-0.1, -0.05) is 36.4 Å². The molecule has 0 spiro atoms. The predicted octanol–water partition coefficient (Wildman–Crippen LogP) is 3.09. The van der Waals surface area contributed by atoms with Crippen LogP contribution < -0.4 is 10.2 Å². The molecular weight excluding hydrogens is 232 g/mol. The number of nitrogens with one attached hydrogen (secondary N) is 1. The van der Waals surface area contributed by atoms with Crippen LogP contribution in [0.15, 0.2) is 48.5 Å². The Balaban J connectivity index is 1.50. The Morgan fingerprint density at radius 1 is 1.00 bits per heavy atom. The summed E-state index contributed by atoms with van der Waals surface area (Å²) in [7, 11) is 0. The van der Waals surface area contributed by atoms with Crippen molar-refractivity contribution >= 4 is 11.4 Å². The van der Waals surface area contributed by atoms with Crippen molar-refractivity contribution in [1.82, 2.24) is 0 Å². The van der Waals surface area contributed by atoms with Crippen LogP contribution in [0.3, 0.4) is 0 Å².